The molecule has 1 atom stereocenters. The lowest BCUT2D eigenvalue weighted by Crippen LogP contribution is -2.37. The average Bonchev–Trinajstić information content (AvgIpc) is 2.20. The van der Waals surface area contributed by atoms with Crippen LogP contribution in [0.5, 0.6) is 0 Å². The van der Waals surface area contributed by atoms with Crippen molar-refractivity contribution in [3.8, 4) is 0 Å². The van der Waals surface area contributed by atoms with Crippen LogP contribution in [0.2, 0.25) is 0 Å². The Morgan fingerprint density at radius 2 is 2.06 bits per heavy atom. The van der Waals surface area contributed by atoms with Crippen molar-refractivity contribution >= 4 is 0 Å². The van der Waals surface area contributed by atoms with E-state index in [2.05, 4.69) is 39.6 Å². The minimum absolute atomic E-state index is 0.0371. The van der Waals surface area contributed by atoms with Gasteiger partial charge in [-0.05, 0) is 53.0 Å². The van der Waals surface area contributed by atoms with Gasteiger partial charge in [-0.25, -0.2) is 0 Å². The summed E-state index contributed by atoms with van der Waals surface area (Å²) in [5.41, 5.74) is -0.0371. The molecule has 0 saturated heterocycles. The van der Waals surface area contributed by atoms with Crippen molar-refractivity contribution in [3.05, 3.63) is 12.7 Å². The number of hydrogen-bond donors (Lipinski definition) is 1. The fraction of sp³-hybridized carbons (Fsp3) is 0.857. The maximum Gasteiger partial charge on any atom is 0.0626 e. The molecule has 0 aliphatic rings. The van der Waals surface area contributed by atoms with Crippen molar-refractivity contribution in [2.45, 2.75) is 65.0 Å². The second-order valence-electron chi connectivity index (χ2n) is 5.29. The van der Waals surface area contributed by atoms with Crippen LogP contribution < -0.4 is 5.32 Å². The van der Waals surface area contributed by atoms with Crippen LogP contribution in [-0.4, -0.2) is 24.8 Å². The molecule has 0 aromatic heterocycles. The summed E-state index contributed by atoms with van der Waals surface area (Å²) in [6.45, 7) is 14.1. The van der Waals surface area contributed by atoms with Gasteiger partial charge in [-0.15, -0.1) is 6.58 Å². The molecule has 0 aromatic carbocycles. The van der Waals surface area contributed by atoms with Crippen LogP contribution in [0.3, 0.4) is 0 Å². The van der Waals surface area contributed by atoms with Crippen LogP contribution in [0.1, 0.15) is 53.4 Å². The molecule has 0 aromatic rings. The number of allylic oxidation sites excluding steroid dienone is 1. The van der Waals surface area contributed by atoms with Crippen LogP contribution in [0.4, 0.5) is 0 Å². The zero-order valence-electron chi connectivity index (χ0n) is 11.5. The van der Waals surface area contributed by atoms with E-state index in [0.717, 1.165) is 19.6 Å². The molecule has 0 amide bonds. The second-order valence-corrected chi connectivity index (χ2v) is 5.29. The van der Waals surface area contributed by atoms with Crippen molar-refractivity contribution in [1.82, 2.24) is 5.32 Å². The molecule has 2 heteroatoms. The molecular formula is C14H29NO. The first kappa shape index (κ1) is 15.7. The third-order valence-electron chi connectivity index (χ3n) is 2.36. The molecule has 96 valence electrons. The van der Waals surface area contributed by atoms with Crippen molar-refractivity contribution in [1.29, 1.82) is 0 Å². The highest BCUT2D eigenvalue weighted by atomic mass is 16.5. The van der Waals surface area contributed by atoms with Gasteiger partial charge in [0.2, 0.25) is 0 Å². The Morgan fingerprint density at radius 1 is 1.38 bits per heavy atom. The van der Waals surface area contributed by atoms with Gasteiger partial charge in [0.25, 0.3) is 0 Å². The Kier molecular flexibility index (Phi) is 8.58. The molecule has 0 radical (unpaired) electrons. The zero-order valence-corrected chi connectivity index (χ0v) is 11.5. The van der Waals surface area contributed by atoms with Gasteiger partial charge >= 0.3 is 0 Å². The fourth-order valence-electron chi connectivity index (χ4n) is 1.45. The average molecular weight is 227 g/mol. The highest BCUT2D eigenvalue weighted by Crippen LogP contribution is 2.10. The normalized spacial score (nSPS) is 13.8. The van der Waals surface area contributed by atoms with Gasteiger partial charge in [-0.3, -0.25) is 0 Å². The summed E-state index contributed by atoms with van der Waals surface area (Å²) in [5, 5.41) is 3.54. The van der Waals surface area contributed by atoms with E-state index in [9.17, 15) is 0 Å². The molecule has 16 heavy (non-hydrogen) atoms. The van der Waals surface area contributed by atoms with E-state index in [4.69, 9.17) is 4.74 Å². The molecule has 2 nitrogen and oxygen atoms in total. The highest BCUT2D eigenvalue weighted by molar-refractivity contribution is 4.72. The first-order valence-corrected chi connectivity index (χ1v) is 6.48. The van der Waals surface area contributed by atoms with Crippen LogP contribution in [0.15, 0.2) is 12.7 Å². The topological polar surface area (TPSA) is 21.3 Å². The van der Waals surface area contributed by atoms with Gasteiger partial charge in [0.05, 0.1) is 12.2 Å². The number of rotatable bonds is 9. The Labute approximate surface area is 101 Å². The number of nitrogens with one attached hydrogen (secondary N) is 1. The second kappa shape index (κ2) is 8.77. The van der Waals surface area contributed by atoms with Gasteiger partial charge in [-0.1, -0.05) is 13.0 Å². The minimum Gasteiger partial charge on any atom is -0.374 e. The van der Waals surface area contributed by atoms with Gasteiger partial charge in [-0.2, -0.15) is 0 Å². The minimum atomic E-state index is -0.0371. The third kappa shape index (κ3) is 10.2. The largest absolute Gasteiger partial charge is 0.374 e. The van der Waals surface area contributed by atoms with E-state index in [0.29, 0.717) is 6.04 Å². The van der Waals surface area contributed by atoms with E-state index in [1.807, 2.05) is 6.08 Å². The van der Waals surface area contributed by atoms with Crippen molar-refractivity contribution < 1.29 is 4.74 Å². The van der Waals surface area contributed by atoms with E-state index in [-0.39, 0.29) is 5.60 Å². The predicted octanol–water partition coefficient (Wildman–Crippen LogP) is 3.53. The summed E-state index contributed by atoms with van der Waals surface area (Å²) >= 11 is 0. The monoisotopic (exact) mass is 227 g/mol. The van der Waals surface area contributed by atoms with E-state index in [1.54, 1.807) is 0 Å². The maximum atomic E-state index is 5.83. The van der Waals surface area contributed by atoms with Crippen LogP contribution in [-0.2, 0) is 4.74 Å². The molecule has 0 aliphatic heterocycles. The van der Waals surface area contributed by atoms with E-state index in [1.165, 1.54) is 19.3 Å². The van der Waals surface area contributed by atoms with Crippen molar-refractivity contribution in [2.24, 2.45) is 0 Å². The molecule has 0 heterocycles. The standard InChI is InChI=1S/C14H29NO/c1-6-8-9-10-13(15-11-7-2)12-16-14(3,4)5/h6,13,15H,1,7-12H2,2-5H3. The highest BCUT2D eigenvalue weighted by Gasteiger charge is 2.14. The van der Waals surface area contributed by atoms with Gasteiger partial charge in [0.1, 0.15) is 0 Å². The molecule has 0 saturated carbocycles. The van der Waals surface area contributed by atoms with Gasteiger partial charge < -0.3 is 10.1 Å². The van der Waals surface area contributed by atoms with E-state index < -0.39 is 0 Å². The summed E-state index contributed by atoms with van der Waals surface area (Å²) in [6, 6.07) is 0.485. The molecule has 0 fully saturated rings. The quantitative estimate of drug-likeness (QED) is 0.480. The fourth-order valence-corrected chi connectivity index (χ4v) is 1.45. The Hall–Kier alpha value is -0.340. The zero-order chi connectivity index (χ0) is 12.4. The molecular weight excluding hydrogens is 198 g/mol. The van der Waals surface area contributed by atoms with E-state index >= 15 is 0 Å². The van der Waals surface area contributed by atoms with Crippen molar-refractivity contribution in [2.75, 3.05) is 13.2 Å². The first-order valence-electron chi connectivity index (χ1n) is 6.48. The van der Waals surface area contributed by atoms with Gasteiger partial charge in [0.15, 0.2) is 0 Å². The maximum absolute atomic E-state index is 5.83. The van der Waals surface area contributed by atoms with Crippen LogP contribution in [0.25, 0.3) is 0 Å². The van der Waals surface area contributed by atoms with Crippen LogP contribution in [0, 0.1) is 0 Å². The number of hydrogen-bond acceptors (Lipinski definition) is 2. The molecule has 0 rings (SSSR count). The summed E-state index contributed by atoms with van der Waals surface area (Å²) in [5.74, 6) is 0. The molecule has 0 aliphatic carbocycles. The molecule has 0 spiro atoms. The summed E-state index contributed by atoms with van der Waals surface area (Å²) in [4.78, 5) is 0. The SMILES string of the molecule is C=CCCCC(COC(C)(C)C)NCCC. The summed E-state index contributed by atoms with van der Waals surface area (Å²) in [6.07, 6.45) is 6.62. The lowest BCUT2D eigenvalue weighted by molar-refractivity contribution is -0.0155. The molecule has 1 N–H and O–H groups in total. The molecule has 0 bridgehead atoms. The Morgan fingerprint density at radius 3 is 2.56 bits per heavy atom. The van der Waals surface area contributed by atoms with Gasteiger partial charge in [0, 0.05) is 6.04 Å². The Bertz CT molecular complexity index is 172. The number of ether oxygens (including phenoxy) is 1. The lowest BCUT2D eigenvalue weighted by atomic mass is 10.1. The van der Waals surface area contributed by atoms with Crippen molar-refractivity contribution in [3.63, 3.8) is 0 Å². The summed E-state index contributed by atoms with van der Waals surface area (Å²) < 4.78 is 5.83. The smallest absolute Gasteiger partial charge is 0.0626 e. The summed E-state index contributed by atoms with van der Waals surface area (Å²) in [7, 11) is 0. The van der Waals surface area contributed by atoms with Crippen LogP contribution >= 0.6 is 0 Å². The number of unbranched alkanes of at least 4 members (excludes halogenated alkanes) is 1. The molecule has 1 unspecified atom stereocenters. The lowest BCUT2D eigenvalue weighted by Gasteiger charge is -2.25. The Balaban J connectivity index is 3.84. The third-order valence-corrected chi connectivity index (χ3v) is 2.36. The first-order chi connectivity index (χ1) is 7.49. The predicted molar refractivity (Wildman–Crippen MR) is 71.8 cm³/mol.